The quantitative estimate of drug-likeness (QED) is 0.887. The van der Waals surface area contributed by atoms with E-state index < -0.39 is 0 Å². The van der Waals surface area contributed by atoms with E-state index in [1.54, 1.807) is 19.4 Å². The van der Waals surface area contributed by atoms with Crippen molar-refractivity contribution < 1.29 is 9.59 Å². The number of aromatic nitrogens is 1. The zero-order chi connectivity index (χ0) is 17.6. The van der Waals surface area contributed by atoms with Crippen LogP contribution in [0.15, 0.2) is 24.5 Å². The van der Waals surface area contributed by atoms with Crippen LogP contribution in [-0.2, 0) is 16.0 Å². The lowest BCUT2D eigenvalue weighted by atomic mass is 9.93. The van der Waals surface area contributed by atoms with E-state index in [0.29, 0.717) is 12.5 Å². The van der Waals surface area contributed by atoms with Crippen molar-refractivity contribution in [2.75, 3.05) is 33.2 Å². The second kappa shape index (κ2) is 8.43. The van der Waals surface area contributed by atoms with Crippen LogP contribution >= 0.6 is 0 Å². The van der Waals surface area contributed by atoms with Gasteiger partial charge in [0, 0.05) is 44.5 Å². The summed E-state index contributed by atoms with van der Waals surface area (Å²) in [5.74, 6) is 0.558. The highest BCUT2D eigenvalue weighted by Crippen LogP contribution is 2.24. The number of nitrogens with zero attached hydrogens (tertiary/aromatic N) is 3. The smallest absolute Gasteiger partial charge is 0.226 e. The molecule has 0 spiro atoms. The fourth-order valence-corrected chi connectivity index (χ4v) is 4.00. The molecule has 6 heteroatoms. The van der Waals surface area contributed by atoms with Gasteiger partial charge < -0.3 is 15.1 Å². The van der Waals surface area contributed by atoms with E-state index in [2.05, 4.69) is 15.2 Å². The molecule has 2 amide bonds. The molecule has 25 heavy (non-hydrogen) atoms. The lowest BCUT2D eigenvalue weighted by Gasteiger charge is -2.41. The average molecular weight is 344 g/mol. The first-order valence-corrected chi connectivity index (χ1v) is 9.29. The molecular weight excluding hydrogens is 316 g/mol. The molecule has 2 aliphatic heterocycles. The highest BCUT2D eigenvalue weighted by Gasteiger charge is 2.31. The SMILES string of the molecule is CNC(=O)C1CCN(C2CCN(C(=O)Cc3ccncc3)CC2)CC1. The van der Waals surface area contributed by atoms with Crippen LogP contribution in [0.5, 0.6) is 0 Å². The molecule has 2 saturated heterocycles. The summed E-state index contributed by atoms with van der Waals surface area (Å²) in [6.45, 7) is 3.66. The summed E-state index contributed by atoms with van der Waals surface area (Å²) in [5.41, 5.74) is 1.03. The highest BCUT2D eigenvalue weighted by molar-refractivity contribution is 5.79. The second-order valence-electron chi connectivity index (χ2n) is 7.07. The molecule has 0 aromatic carbocycles. The zero-order valence-electron chi connectivity index (χ0n) is 15.0. The molecule has 6 nitrogen and oxygen atoms in total. The van der Waals surface area contributed by atoms with Gasteiger partial charge >= 0.3 is 0 Å². The fourth-order valence-electron chi connectivity index (χ4n) is 4.00. The van der Waals surface area contributed by atoms with E-state index in [9.17, 15) is 9.59 Å². The number of hydrogen-bond acceptors (Lipinski definition) is 4. The Morgan fingerprint density at radius 1 is 1.08 bits per heavy atom. The minimum atomic E-state index is 0.170. The van der Waals surface area contributed by atoms with Gasteiger partial charge in [0.25, 0.3) is 0 Å². The first kappa shape index (κ1) is 17.9. The third-order valence-corrected chi connectivity index (χ3v) is 5.59. The Morgan fingerprint density at radius 2 is 1.72 bits per heavy atom. The highest BCUT2D eigenvalue weighted by atomic mass is 16.2. The molecule has 0 saturated carbocycles. The van der Waals surface area contributed by atoms with Crippen LogP contribution in [0.4, 0.5) is 0 Å². The minimum absolute atomic E-state index is 0.170. The van der Waals surface area contributed by atoms with Gasteiger partial charge in [-0.25, -0.2) is 0 Å². The Hall–Kier alpha value is -1.95. The summed E-state index contributed by atoms with van der Waals surface area (Å²) in [6.07, 6.45) is 7.89. The van der Waals surface area contributed by atoms with Gasteiger partial charge in [-0.1, -0.05) is 0 Å². The number of carbonyl (C=O) groups is 2. The van der Waals surface area contributed by atoms with E-state index >= 15 is 0 Å². The maximum absolute atomic E-state index is 12.4. The molecule has 2 aliphatic rings. The van der Waals surface area contributed by atoms with Crippen LogP contribution in [-0.4, -0.2) is 65.9 Å². The summed E-state index contributed by atoms with van der Waals surface area (Å²) >= 11 is 0. The number of amides is 2. The van der Waals surface area contributed by atoms with Gasteiger partial charge in [0.05, 0.1) is 6.42 Å². The van der Waals surface area contributed by atoms with Gasteiger partial charge in [0.15, 0.2) is 0 Å². The number of likely N-dealkylation sites (tertiary alicyclic amines) is 2. The fraction of sp³-hybridized carbons (Fsp3) is 0.632. The molecule has 3 heterocycles. The van der Waals surface area contributed by atoms with Crippen LogP contribution in [0, 0.1) is 5.92 Å². The van der Waals surface area contributed by atoms with Crippen LogP contribution in [0.1, 0.15) is 31.2 Å². The topological polar surface area (TPSA) is 65.5 Å². The molecule has 0 atom stereocenters. The first-order chi connectivity index (χ1) is 12.2. The van der Waals surface area contributed by atoms with Crippen molar-refractivity contribution in [3.8, 4) is 0 Å². The van der Waals surface area contributed by atoms with Crippen LogP contribution < -0.4 is 5.32 Å². The summed E-state index contributed by atoms with van der Waals surface area (Å²) in [4.78, 5) is 32.7. The van der Waals surface area contributed by atoms with Gasteiger partial charge in [-0.05, 0) is 56.5 Å². The summed E-state index contributed by atoms with van der Waals surface area (Å²) in [7, 11) is 1.72. The van der Waals surface area contributed by atoms with E-state index in [-0.39, 0.29) is 17.7 Å². The predicted octanol–water partition coefficient (Wildman–Crippen LogP) is 1.07. The molecule has 1 N–H and O–H groups in total. The van der Waals surface area contributed by atoms with Crippen LogP contribution in [0.25, 0.3) is 0 Å². The normalized spacial score (nSPS) is 20.4. The predicted molar refractivity (Wildman–Crippen MR) is 95.9 cm³/mol. The summed E-state index contributed by atoms with van der Waals surface area (Å²) in [6, 6.07) is 4.36. The Bertz CT molecular complexity index is 576. The second-order valence-corrected chi connectivity index (χ2v) is 7.07. The third-order valence-electron chi connectivity index (χ3n) is 5.59. The number of hydrogen-bond donors (Lipinski definition) is 1. The Morgan fingerprint density at radius 3 is 2.32 bits per heavy atom. The van der Waals surface area contributed by atoms with Crippen LogP contribution in [0.2, 0.25) is 0 Å². The van der Waals surface area contributed by atoms with Gasteiger partial charge in [-0.3, -0.25) is 14.6 Å². The van der Waals surface area contributed by atoms with Crippen molar-refractivity contribution in [2.24, 2.45) is 5.92 Å². The lowest BCUT2D eigenvalue weighted by molar-refractivity contribution is -0.132. The van der Waals surface area contributed by atoms with Crippen molar-refractivity contribution in [3.05, 3.63) is 30.1 Å². The molecule has 1 aromatic heterocycles. The molecule has 0 aliphatic carbocycles. The molecule has 1 aromatic rings. The molecule has 0 bridgehead atoms. The Kier molecular flexibility index (Phi) is 6.02. The summed E-state index contributed by atoms with van der Waals surface area (Å²) < 4.78 is 0. The van der Waals surface area contributed by atoms with Crippen molar-refractivity contribution in [2.45, 2.75) is 38.1 Å². The van der Waals surface area contributed by atoms with Crippen molar-refractivity contribution in [1.82, 2.24) is 20.1 Å². The van der Waals surface area contributed by atoms with Crippen molar-refractivity contribution >= 4 is 11.8 Å². The maximum Gasteiger partial charge on any atom is 0.226 e. The van der Waals surface area contributed by atoms with Gasteiger partial charge in [0.1, 0.15) is 0 Å². The number of pyridine rings is 1. The molecule has 136 valence electrons. The third kappa shape index (κ3) is 4.57. The minimum Gasteiger partial charge on any atom is -0.359 e. The Balaban J connectivity index is 1.43. The maximum atomic E-state index is 12.4. The largest absolute Gasteiger partial charge is 0.359 e. The van der Waals surface area contributed by atoms with E-state index in [1.165, 1.54) is 0 Å². The number of piperidine rings is 2. The van der Waals surface area contributed by atoms with Gasteiger partial charge in [0.2, 0.25) is 11.8 Å². The monoisotopic (exact) mass is 344 g/mol. The molecular formula is C19H28N4O2. The number of nitrogens with one attached hydrogen (secondary N) is 1. The Labute approximate surface area is 149 Å². The number of carbonyl (C=O) groups excluding carboxylic acids is 2. The van der Waals surface area contributed by atoms with E-state index in [4.69, 9.17) is 0 Å². The molecule has 3 rings (SSSR count). The molecule has 2 fully saturated rings. The van der Waals surface area contributed by atoms with Crippen molar-refractivity contribution in [1.29, 1.82) is 0 Å². The molecule has 0 unspecified atom stereocenters. The average Bonchev–Trinajstić information content (AvgIpc) is 2.68. The summed E-state index contributed by atoms with van der Waals surface area (Å²) in [5, 5.41) is 2.76. The van der Waals surface area contributed by atoms with Gasteiger partial charge in [-0.2, -0.15) is 0 Å². The van der Waals surface area contributed by atoms with E-state index in [0.717, 1.165) is 57.4 Å². The first-order valence-electron chi connectivity index (χ1n) is 9.29. The number of rotatable bonds is 4. The van der Waals surface area contributed by atoms with E-state index in [1.807, 2.05) is 17.0 Å². The van der Waals surface area contributed by atoms with Crippen molar-refractivity contribution in [3.63, 3.8) is 0 Å². The van der Waals surface area contributed by atoms with Crippen LogP contribution in [0.3, 0.4) is 0 Å². The zero-order valence-corrected chi connectivity index (χ0v) is 15.0. The van der Waals surface area contributed by atoms with Gasteiger partial charge in [-0.15, -0.1) is 0 Å². The standard InChI is InChI=1S/C19H28N4O2/c1-20-19(25)16-4-10-22(11-5-16)17-6-12-23(13-7-17)18(24)14-15-2-8-21-9-3-15/h2-3,8-9,16-17H,4-7,10-14H2,1H3,(H,20,25). The lowest BCUT2D eigenvalue weighted by Crippen LogP contribution is -2.50. The molecule has 0 radical (unpaired) electrons.